The second-order valence-electron chi connectivity index (χ2n) is 3.36. The van der Waals surface area contributed by atoms with Gasteiger partial charge in [-0.2, -0.15) is 0 Å². The van der Waals surface area contributed by atoms with Crippen LogP contribution >= 0.6 is 0 Å². The summed E-state index contributed by atoms with van der Waals surface area (Å²) < 4.78 is 42.6. The number of methoxy groups -OCH3 is 1. The summed E-state index contributed by atoms with van der Waals surface area (Å²) in [4.78, 5) is 10.8. The molecular formula is C11H12F3NO2. The van der Waals surface area contributed by atoms with Gasteiger partial charge in [0, 0.05) is 30.8 Å². The normalized spacial score (nSPS) is 10.1. The molecule has 0 amide bonds. The number of hydrogen-bond donors (Lipinski definition) is 1. The van der Waals surface area contributed by atoms with E-state index in [-0.39, 0.29) is 18.1 Å². The molecule has 0 unspecified atom stereocenters. The molecule has 0 aliphatic heterocycles. The Morgan fingerprint density at radius 1 is 1.29 bits per heavy atom. The van der Waals surface area contributed by atoms with Gasteiger partial charge in [-0.25, -0.2) is 13.2 Å². The molecule has 0 radical (unpaired) electrons. The lowest BCUT2D eigenvalue weighted by atomic mass is 10.2. The van der Waals surface area contributed by atoms with Gasteiger partial charge < -0.3 is 10.1 Å². The molecule has 1 aromatic rings. The first kappa shape index (κ1) is 13.3. The Balaban J connectivity index is 2.45. The van der Waals surface area contributed by atoms with Gasteiger partial charge in [0.25, 0.3) is 0 Å². The van der Waals surface area contributed by atoms with Crippen LogP contribution in [0.25, 0.3) is 0 Å². The van der Waals surface area contributed by atoms with Crippen LogP contribution in [0.5, 0.6) is 0 Å². The summed E-state index contributed by atoms with van der Waals surface area (Å²) in [7, 11) is 1.28. The van der Waals surface area contributed by atoms with Crippen molar-refractivity contribution >= 4 is 11.7 Å². The first-order chi connectivity index (χ1) is 8.04. The van der Waals surface area contributed by atoms with E-state index in [0.29, 0.717) is 13.0 Å². The van der Waals surface area contributed by atoms with Crippen LogP contribution in [0.4, 0.5) is 18.9 Å². The number of ether oxygens (including phenoxy) is 1. The fraction of sp³-hybridized carbons (Fsp3) is 0.364. The van der Waals surface area contributed by atoms with E-state index < -0.39 is 17.5 Å². The van der Waals surface area contributed by atoms with E-state index in [2.05, 4.69) is 10.1 Å². The van der Waals surface area contributed by atoms with Gasteiger partial charge in [0.1, 0.15) is 0 Å². The maximum atomic E-state index is 12.8. The molecule has 0 atom stereocenters. The van der Waals surface area contributed by atoms with E-state index in [1.165, 1.54) is 7.11 Å². The fourth-order valence-corrected chi connectivity index (χ4v) is 1.23. The van der Waals surface area contributed by atoms with E-state index in [4.69, 9.17) is 0 Å². The molecule has 94 valence electrons. The maximum absolute atomic E-state index is 12.8. The monoisotopic (exact) mass is 247 g/mol. The summed E-state index contributed by atoms with van der Waals surface area (Å²) in [6.07, 6.45) is 0.656. The third-order valence-electron chi connectivity index (χ3n) is 2.10. The molecule has 0 aliphatic rings. The lowest BCUT2D eigenvalue weighted by Gasteiger charge is -2.06. The van der Waals surface area contributed by atoms with Crippen molar-refractivity contribution in [2.24, 2.45) is 0 Å². The van der Waals surface area contributed by atoms with Crippen LogP contribution < -0.4 is 5.32 Å². The fourth-order valence-electron chi connectivity index (χ4n) is 1.23. The van der Waals surface area contributed by atoms with E-state index in [9.17, 15) is 18.0 Å². The van der Waals surface area contributed by atoms with E-state index in [1.54, 1.807) is 0 Å². The van der Waals surface area contributed by atoms with Gasteiger partial charge in [-0.05, 0) is 6.42 Å². The number of halogens is 3. The maximum Gasteiger partial charge on any atom is 0.305 e. The minimum Gasteiger partial charge on any atom is -0.469 e. The molecule has 0 heterocycles. The third kappa shape index (κ3) is 3.97. The first-order valence-electron chi connectivity index (χ1n) is 5.00. The zero-order valence-corrected chi connectivity index (χ0v) is 9.23. The molecule has 1 N–H and O–H groups in total. The number of carbonyl (C=O) groups is 1. The molecule has 0 spiro atoms. The molecular weight excluding hydrogens is 235 g/mol. The minimum atomic E-state index is -1.50. The van der Waals surface area contributed by atoms with Gasteiger partial charge in [-0.15, -0.1) is 0 Å². The molecule has 0 fully saturated rings. The Kier molecular flexibility index (Phi) is 4.81. The number of anilines is 1. The molecule has 6 heteroatoms. The molecule has 17 heavy (non-hydrogen) atoms. The predicted octanol–water partition coefficient (Wildman–Crippen LogP) is 2.47. The quantitative estimate of drug-likeness (QED) is 0.493. The van der Waals surface area contributed by atoms with Crippen molar-refractivity contribution in [3.63, 3.8) is 0 Å². The van der Waals surface area contributed by atoms with Gasteiger partial charge >= 0.3 is 5.97 Å². The second-order valence-corrected chi connectivity index (χ2v) is 3.36. The van der Waals surface area contributed by atoms with Crippen molar-refractivity contribution in [1.29, 1.82) is 0 Å². The summed E-state index contributed by atoms with van der Waals surface area (Å²) in [6.45, 7) is 0.333. The second kappa shape index (κ2) is 6.12. The highest BCUT2D eigenvalue weighted by Gasteiger charge is 2.10. The summed E-state index contributed by atoms with van der Waals surface area (Å²) in [5.41, 5.74) is 0.131. The van der Waals surface area contributed by atoms with Crippen molar-refractivity contribution < 1.29 is 22.7 Å². The van der Waals surface area contributed by atoms with Crippen molar-refractivity contribution in [2.45, 2.75) is 12.8 Å². The molecule has 0 aliphatic carbocycles. The van der Waals surface area contributed by atoms with Gasteiger partial charge in [0.05, 0.1) is 7.11 Å². The summed E-state index contributed by atoms with van der Waals surface area (Å²) >= 11 is 0. The van der Waals surface area contributed by atoms with Crippen LogP contribution in [0, 0.1) is 17.5 Å². The van der Waals surface area contributed by atoms with Crippen LogP contribution in [-0.2, 0) is 9.53 Å². The average molecular weight is 247 g/mol. The van der Waals surface area contributed by atoms with Gasteiger partial charge in [0.2, 0.25) is 0 Å². The Morgan fingerprint density at radius 3 is 2.41 bits per heavy atom. The Hall–Kier alpha value is -1.72. The Bertz CT molecular complexity index is 387. The van der Waals surface area contributed by atoms with Crippen LogP contribution in [0.3, 0.4) is 0 Å². The Morgan fingerprint density at radius 2 is 1.88 bits per heavy atom. The van der Waals surface area contributed by atoms with Gasteiger partial charge in [0.15, 0.2) is 17.5 Å². The van der Waals surface area contributed by atoms with Crippen LogP contribution in [-0.4, -0.2) is 19.6 Å². The zero-order chi connectivity index (χ0) is 12.8. The zero-order valence-electron chi connectivity index (χ0n) is 9.23. The van der Waals surface area contributed by atoms with Crippen molar-refractivity contribution in [2.75, 3.05) is 19.0 Å². The van der Waals surface area contributed by atoms with E-state index in [0.717, 1.165) is 12.1 Å². The number of carbonyl (C=O) groups excluding carboxylic acids is 1. The Labute approximate surface area is 96.6 Å². The summed E-state index contributed by atoms with van der Waals surface area (Å²) in [6, 6.07) is 1.72. The number of esters is 1. The van der Waals surface area contributed by atoms with Gasteiger partial charge in [-0.1, -0.05) is 0 Å². The topological polar surface area (TPSA) is 38.3 Å². The predicted molar refractivity (Wildman–Crippen MR) is 56.1 cm³/mol. The van der Waals surface area contributed by atoms with Crippen molar-refractivity contribution in [3.8, 4) is 0 Å². The number of benzene rings is 1. The lowest BCUT2D eigenvalue weighted by Crippen LogP contribution is -2.07. The van der Waals surface area contributed by atoms with Crippen molar-refractivity contribution in [3.05, 3.63) is 29.6 Å². The molecule has 0 aromatic heterocycles. The number of hydrogen-bond acceptors (Lipinski definition) is 3. The largest absolute Gasteiger partial charge is 0.469 e. The minimum absolute atomic E-state index is 0.131. The highest BCUT2D eigenvalue weighted by Crippen LogP contribution is 2.17. The van der Waals surface area contributed by atoms with Crippen LogP contribution in [0.1, 0.15) is 12.8 Å². The summed E-state index contributed by atoms with van der Waals surface area (Å²) in [5.74, 6) is -4.35. The highest BCUT2D eigenvalue weighted by atomic mass is 19.2. The third-order valence-corrected chi connectivity index (χ3v) is 2.10. The number of nitrogens with one attached hydrogen (secondary N) is 1. The molecule has 0 bridgehead atoms. The smallest absolute Gasteiger partial charge is 0.305 e. The standard InChI is InChI=1S/C11H12F3NO2/c1-17-10(16)3-2-4-15-7-5-8(12)11(14)9(13)6-7/h5-6,15H,2-4H2,1H3. The van der Waals surface area contributed by atoms with E-state index in [1.807, 2.05) is 0 Å². The molecule has 0 saturated carbocycles. The highest BCUT2D eigenvalue weighted by molar-refractivity contribution is 5.69. The average Bonchev–Trinajstić information content (AvgIpc) is 2.31. The first-order valence-corrected chi connectivity index (χ1v) is 5.00. The van der Waals surface area contributed by atoms with Crippen LogP contribution in [0.2, 0.25) is 0 Å². The number of rotatable bonds is 5. The van der Waals surface area contributed by atoms with Crippen molar-refractivity contribution in [1.82, 2.24) is 0 Å². The van der Waals surface area contributed by atoms with Gasteiger partial charge in [-0.3, -0.25) is 4.79 Å². The molecule has 0 saturated heterocycles. The summed E-state index contributed by atoms with van der Waals surface area (Å²) in [5, 5.41) is 2.68. The molecule has 1 aromatic carbocycles. The SMILES string of the molecule is COC(=O)CCCNc1cc(F)c(F)c(F)c1. The lowest BCUT2D eigenvalue weighted by molar-refractivity contribution is -0.140. The molecule has 1 rings (SSSR count). The molecule has 3 nitrogen and oxygen atoms in total. The van der Waals surface area contributed by atoms with Crippen LogP contribution in [0.15, 0.2) is 12.1 Å². The van der Waals surface area contributed by atoms with E-state index >= 15 is 0 Å².